The molecule has 0 aromatic heterocycles. The third-order valence-corrected chi connectivity index (χ3v) is 10.3. The number of ether oxygens (including phenoxy) is 6. The normalized spacial score (nSPS) is 46.5. The smallest absolute Gasteiger partial charge is 0.229 e. The molecule has 5 aliphatic rings. The second kappa shape index (κ2) is 14.9. The number of ketones is 1. The highest BCUT2D eigenvalue weighted by molar-refractivity contribution is 6.22. The fourth-order valence-electron chi connectivity index (χ4n) is 7.25. The van der Waals surface area contributed by atoms with Crippen molar-refractivity contribution < 1.29 is 89.4 Å². The Balaban J connectivity index is 1.14. The number of fused-ring (bicyclic) bond motifs is 1. The molecule has 18 nitrogen and oxygen atoms in total. The maximum Gasteiger partial charge on any atom is 0.229 e. The molecule has 0 amide bonds. The number of carbonyl (C=O) groups excluding carboxylic acids is 1. The number of Topliss-reactive ketones (excluding diaryl/α,β-unsaturated/α-hetero) is 1. The maximum absolute atomic E-state index is 13.8. The molecule has 0 bridgehead atoms. The minimum absolute atomic E-state index is 0.119. The van der Waals surface area contributed by atoms with Crippen molar-refractivity contribution in [2.75, 3.05) is 26.4 Å². The topological polar surface area (TPSA) is 295 Å². The third-order valence-electron chi connectivity index (χ3n) is 10.3. The molecular formula is C32H44O18. The highest BCUT2D eigenvalue weighted by Gasteiger charge is 2.56. The number of benzene rings is 1. The van der Waals surface area contributed by atoms with Gasteiger partial charge in [0.2, 0.25) is 6.29 Å². The van der Waals surface area contributed by atoms with Crippen LogP contribution in [0.3, 0.4) is 0 Å². The van der Waals surface area contributed by atoms with Crippen molar-refractivity contribution in [3.05, 3.63) is 36.1 Å². The van der Waals surface area contributed by atoms with E-state index in [1.807, 2.05) is 0 Å². The van der Waals surface area contributed by atoms with E-state index in [1.54, 1.807) is 12.1 Å². The average Bonchev–Trinajstić information content (AvgIpc) is 3.40. The van der Waals surface area contributed by atoms with E-state index in [1.165, 1.54) is 18.4 Å². The molecule has 4 aliphatic heterocycles. The molecular weight excluding hydrogens is 672 g/mol. The van der Waals surface area contributed by atoms with E-state index < -0.39 is 130 Å². The molecule has 3 saturated heterocycles. The lowest BCUT2D eigenvalue weighted by molar-refractivity contribution is -0.277. The molecule has 1 saturated carbocycles. The first kappa shape index (κ1) is 37.4. The van der Waals surface area contributed by atoms with E-state index in [0.717, 1.165) is 0 Å². The van der Waals surface area contributed by atoms with Gasteiger partial charge in [-0.25, -0.2) is 0 Å². The van der Waals surface area contributed by atoms with Crippen molar-refractivity contribution in [3.63, 3.8) is 0 Å². The molecule has 4 fully saturated rings. The fourth-order valence-corrected chi connectivity index (χ4v) is 7.25. The minimum atomic E-state index is -1.96. The molecule has 50 heavy (non-hydrogen) atoms. The van der Waals surface area contributed by atoms with Gasteiger partial charge in [0.05, 0.1) is 62.3 Å². The van der Waals surface area contributed by atoms with Gasteiger partial charge in [-0.15, -0.1) is 0 Å². The number of allylic oxidation sites excluding steroid dienone is 1. The number of carbonyl (C=O) groups is 1. The molecule has 17 atom stereocenters. The summed E-state index contributed by atoms with van der Waals surface area (Å²) in [5, 5.41) is 113. The summed E-state index contributed by atoms with van der Waals surface area (Å²) in [7, 11) is 0. The van der Waals surface area contributed by atoms with Crippen LogP contribution in [0.4, 0.5) is 0 Å². The molecule has 0 radical (unpaired) electrons. The molecule has 4 heterocycles. The Morgan fingerprint density at radius 3 is 2.12 bits per heavy atom. The van der Waals surface area contributed by atoms with Gasteiger partial charge in [0.25, 0.3) is 0 Å². The molecule has 4 unspecified atom stereocenters. The van der Waals surface area contributed by atoms with Gasteiger partial charge in [0.15, 0.2) is 12.1 Å². The van der Waals surface area contributed by atoms with Crippen LogP contribution >= 0.6 is 0 Å². The fraction of sp³-hybridized carbons (Fsp3) is 0.719. The van der Waals surface area contributed by atoms with Gasteiger partial charge in [-0.1, -0.05) is 12.1 Å². The van der Waals surface area contributed by atoms with Crippen LogP contribution in [0.25, 0.3) is 5.57 Å². The van der Waals surface area contributed by atoms with Gasteiger partial charge in [-0.3, -0.25) is 4.79 Å². The Kier molecular flexibility index (Phi) is 11.2. The van der Waals surface area contributed by atoms with Gasteiger partial charge in [-0.2, -0.15) is 0 Å². The summed E-state index contributed by atoms with van der Waals surface area (Å²) in [5.41, 5.74) is -1.32. The first-order valence-electron chi connectivity index (χ1n) is 16.4. The monoisotopic (exact) mass is 716 g/mol. The predicted molar refractivity (Wildman–Crippen MR) is 161 cm³/mol. The Morgan fingerprint density at radius 2 is 1.46 bits per heavy atom. The second-order valence-electron chi connectivity index (χ2n) is 13.5. The SMILES string of the molecule is O=C1C(c2ccc(O[C@@H]3O[C@H](CO)[C@@H](O)[C@H](O)[C@H]3O)cc2)=COC2C1CCC(O)C2[C@@H]1O[C@H](CO[C@@H]2OC[C@](O)(CO)[C@H]2O)[C@@H](O)[C@H](O)[C@H]1O. The first-order valence-corrected chi connectivity index (χ1v) is 16.4. The van der Waals surface area contributed by atoms with Crippen LogP contribution < -0.4 is 4.74 Å². The summed E-state index contributed by atoms with van der Waals surface area (Å²) >= 11 is 0. The number of hydrogen-bond donors (Lipinski definition) is 11. The highest BCUT2D eigenvalue weighted by Crippen LogP contribution is 2.44. The Morgan fingerprint density at radius 1 is 0.780 bits per heavy atom. The summed E-state index contributed by atoms with van der Waals surface area (Å²) < 4.78 is 33.7. The van der Waals surface area contributed by atoms with Crippen LogP contribution in [0.15, 0.2) is 30.5 Å². The van der Waals surface area contributed by atoms with Crippen LogP contribution in [0.1, 0.15) is 18.4 Å². The number of rotatable bonds is 9. The molecule has 18 heteroatoms. The van der Waals surface area contributed by atoms with Gasteiger partial charge in [-0.05, 0) is 30.5 Å². The standard InChI is InChI=1S/C32H44O18/c33-7-17-21(37)24(40)26(42)30(50-17)48-13-3-1-12(2-4-13)15-8-45-27-14(20(15)36)5-6-16(35)19(27)28-25(41)23(39)22(38)18(49-28)9-46-31-29(43)32(44,10-34)11-47-31/h1-4,8,14,16-19,21-31,33-35,37-44H,5-7,9-11H2/t14?,16?,17-,18-,19?,21-,22-,23+,24+,25-,26-,27?,28+,29+,30-,31-,32-/m1/s1. The second-order valence-corrected chi connectivity index (χ2v) is 13.5. The van der Waals surface area contributed by atoms with Crippen LogP contribution in [-0.2, 0) is 28.5 Å². The van der Waals surface area contributed by atoms with Gasteiger partial charge >= 0.3 is 0 Å². The van der Waals surface area contributed by atoms with Crippen molar-refractivity contribution >= 4 is 11.4 Å². The van der Waals surface area contributed by atoms with E-state index in [4.69, 9.17) is 28.4 Å². The van der Waals surface area contributed by atoms with Crippen molar-refractivity contribution in [1.29, 1.82) is 0 Å². The number of aliphatic hydroxyl groups is 11. The quantitative estimate of drug-likeness (QED) is 0.114. The maximum atomic E-state index is 13.8. The lowest BCUT2D eigenvalue weighted by Crippen LogP contribution is -2.65. The van der Waals surface area contributed by atoms with Crippen molar-refractivity contribution in [1.82, 2.24) is 0 Å². The summed E-state index contributed by atoms with van der Waals surface area (Å²) in [5.74, 6) is -1.98. The van der Waals surface area contributed by atoms with Crippen molar-refractivity contribution in [2.24, 2.45) is 11.8 Å². The Labute approximate surface area is 285 Å². The molecule has 6 rings (SSSR count). The molecule has 1 aliphatic carbocycles. The van der Waals surface area contributed by atoms with E-state index in [0.29, 0.717) is 5.56 Å². The summed E-state index contributed by atoms with van der Waals surface area (Å²) in [6.45, 7) is -2.33. The van der Waals surface area contributed by atoms with Gasteiger partial charge in [0, 0.05) is 0 Å². The summed E-state index contributed by atoms with van der Waals surface area (Å²) in [6, 6.07) is 6.05. The van der Waals surface area contributed by atoms with Crippen LogP contribution in [0.5, 0.6) is 5.75 Å². The molecule has 1 aromatic rings. The van der Waals surface area contributed by atoms with Crippen LogP contribution in [0, 0.1) is 11.8 Å². The molecule has 1 aromatic carbocycles. The number of hydrogen-bond acceptors (Lipinski definition) is 18. The molecule has 0 spiro atoms. The highest BCUT2D eigenvalue weighted by atomic mass is 16.7. The lowest BCUT2D eigenvalue weighted by atomic mass is 9.68. The predicted octanol–water partition coefficient (Wildman–Crippen LogP) is -5.13. The van der Waals surface area contributed by atoms with E-state index >= 15 is 0 Å². The lowest BCUT2D eigenvalue weighted by Gasteiger charge is -2.50. The first-order chi connectivity index (χ1) is 23.8. The van der Waals surface area contributed by atoms with Crippen molar-refractivity contribution in [2.45, 2.75) is 104 Å². The van der Waals surface area contributed by atoms with Crippen LogP contribution in [-0.4, -0.2) is 180 Å². The zero-order chi connectivity index (χ0) is 36.1. The van der Waals surface area contributed by atoms with Gasteiger partial charge in [0.1, 0.15) is 72.4 Å². The van der Waals surface area contributed by atoms with Gasteiger partial charge < -0.3 is 84.6 Å². The zero-order valence-electron chi connectivity index (χ0n) is 26.6. The van der Waals surface area contributed by atoms with E-state index in [-0.39, 0.29) is 29.9 Å². The summed E-state index contributed by atoms with van der Waals surface area (Å²) in [6.07, 6.45) is -18.7. The van der Waals surface area contributed by atoms with Crippen LogP contribution in [0.2, 0.25) is 0 Å². The summed E-state index contributed by atoms with van der Waals surface area (Å²) in [4.78, 5) is 13.8. The largest absolute Gasteiger partial charge is 0.496 e. The molecule has 280 valence electrons. The minimum Gasteiger partial charge on any atom is -0.496 e. The average molecular weight is 717 g/mol. The van der Waals surface area contributed by atoms with E-state index in [2.05, 4.69) is 0 Å². The molecule has 11 N–H and O–H groups in total. The van der Waals surface area contributed by atoms with E-state index in [9.17, 15) is 61.0 Å². The Hall–Kier alpha value is -2.37. The Bertz CT molecular complexity index is 1360. The van der Waals surface area contributed by atoms with Crippen molar-refractivity contribution in [3.8, 4) is 5.75 Å². The zero-order valence-corrected chi connectivity index (χ0v) is 26.6. The third kappa shape index (κ3) is 6.80. The number of aliphatic hydroxyl groups excluding tert-OH is 10.